The Morgan fingerprint density at radius 3 is 2.57 bits per heavy atom. The fourth-order valence-corrected chi connectivity index (χ4v) is 2.91. The summed E-state index contributed by atoms with van der Waals surface area (Å²) in [5.41, 5.74) is 2.63. The molecule has 0 bridgehead atoms. The van der Waals surface area contributed by atoms with Crippen molar-refractivity contribution >= 4 is 21.7 Å². The van der Waals surface area contributed by atoms with Crippen LogP contribution in [0.5, 0.6) is 0 Å². The van der Waals surface area contributed by atoms with Gasteiger partial charge in [0.2, 0.25) is 0 Å². The van der Waals surface area contributed by atoms with Crippen LogP contribution in [0.25, 0.3) is 32.4 Å². The third kappa shape index (κ3) is 2.25. The first-order valence-corrected chi connectivity index (χ1v) is 7.17. The van der Waals surface area contributed by atoms with Gasteiger partial charge in [-0.15, -0.1) is 0 Å². The van der Waals surface area contributed by atoms with E-state index in [1.54, 1.807) is 42.2 Å². The van der Waals surface area contributed by atoms with Crippen molar-refractivity contribution in [2.45, 2.75) is 0 Å². The van der Waals surface area contributed by atoms with Crippen LogP contribution in [0.2, 0.25) is 0 Å². The van der Waals surface area contributed by atoms with Crippen molar-refractivity contribution < 1.29 is 0 Å². The fraction of sp³-hybridized carbons (Fsp3) is 0. The number of nitrogens with zero attached hydrogens (tertiary/aromatic N) is 5. The molecule has 0 N–H and O–H groups in total. The molecular formula is C15H9N5S. The molecule has 0 aliphatic carbocycles. The maximum Gasteiger partial charge on any atom is 0.178 e. The lowest BCUT2D eigenvalue weighted by molar-refractivity contribution is 1.15. The van der Waals surface area contributed by atoms with E-state index in [2.05, 4.69) is 24.9 Å². The van der Waals surface area contributed by atoms with Crippen LogP contribution >= 0.6 is 11.3 Å². The summed E-state index contributed by atoms with van der Waals surface area (Å²) in [4.78, 5) is 22.6. The quantitative estimate of drug-likeness (QED) is 0.567. The summed E-state index contributed by atoms with van der Waals surface area (Å²) in [6.07, 6.45) is 6.97. The van der Waals surface area contributed by atoms with Crippen LogP contribution in [-0.2, 0) is 0 Å². The van der Waals surface area contributed by atoms with E-state index in [9.17, 15) is 0 Å². The van der Waals surface area contributed by atoms with Gasteiger partial charge in [-0.1, -0.05) is 11.3 Å². The highest BCUT2D eigenvalue weighted by molar-refractivity contribution is 7.21. The second kappa shape index (κ2) is 4.99. The first-order valence-electron chi connectivity index (χ1n) is 6.35. The molecule has 4 rings (SSSR count). The molecule has 0 saturated heterocycles. The van der Waals surface area contributed by atoms with E-state index in [4.69, 9.17) is 0 Å². The normalized spacial score (nSPS) is 10.9. The fourth-order valence-electron chi connectivity index (χ4n) is 1.99. The van der Waals surface area contributed by atoms with E-state index in [-0.39, 0.29) is 0 Å². The zero-order valence-electron chi connectivity index (χ0n) is 10.8. The minimum atomic E-state index is 0.621. The molecule has 4 aromatic heterocycles. The molecule has 5 nitrogen and oxygen atoms in total. The largest absolute Gasteiger partial charge is 0.264 e. The first-order chi connectivity index (χ1) is 10.4. The number of fused-ring (bicyclic) bond motifs is 1. The zero-order valence-corrected chi connectivity index (χ0v) is 11.7. The van der Waals surface area contributed by atoms with Crippen molar-refractivity contribution in [1.82, 2.24) is 24.9 Å². The van der Waals surface area contributed by atoms with Gasteiger partial charge in [0.05, 0.1) is 0 Å². The molecule has 4 heterocycles. The third-order valence-corrected chi connectivity index (χ3v) is 3.97. The highest BCUT2D eigenvalue weighted by Gasteiger charge is 2.09. The van der Waals surface area contributed by atoms with E-state index in [1.165, 1.54) is 0 Å². The molecule has 0 amide bonds. The van der Waals surface area contributed by atoms with Crippen LogP contribution in [0.1, 0.15) is 0 Å². The van der Waals surface area contributed by atoms with Gasteiger partial charge in [-0.25, -0.2) is 19.9 Å². The van der Waals surface area contributed by atoms with Crippen molar-refractivity contribution in [3.8, 4) is 22.1 Å². The number of pyridine rings is 2. The minimum Gasteiger partial charge on any atom is -0.264 e. The van der Waals surface area contributed by atoms with Gasteiger partial charge in [0.1, 0.15) is 21.0 Å². The Hall–Kier alpha value is -2.73. The summed E-state index contributed by atoms with van der Waals surface area (Å²) < 4.78 is 0. The van der Waals surface area contributed by atoms with Gasteiger partial charge in [0.15, 0.2) is 5.82 Å². The van der Waals surface area contributed by atoms with Crippen molar-refractivity contribution in [3.05, 3.63) is 55.1 Å². The van der Waals surface area contributed by atoms with E-state index in [0.717, 1.165) is 26.6 Å². The lowest BCUT2D eigenvalue weighted by Crippen LogP contribution is -1.89. The summed E-state index contributed by atoms with van der Waals surface area (Å²) in [5.74, 6) is 0.621. The summed E-state index contributed by atoms with van der Waals surface area (Å²) in [6.45, 7) is 0. The maximum atomic E-state index is 4.60. The topological polar surface area (TPSA) is 64.5 Å². The summed E-state index contributed by atoms with van der Waals surface area (Å²) in [6, 6.07) is 9.52. The van der Waals surface area contributed by atoms with Crippen molar-refractivity contribution in [1.29, 1.82) is 0 Å². The highest BCUT2D eigenvalue weighted by Crippen LogP contribution is 2.29. The van der Waals surface area contributed by atoms with Crippen LogP contribution in [0.3, 0.4) is 0 Å². The Morgan fingerprint density at radius 1 is 0.857 bits per heavy atom. The standard InChI is InChI=1S/C15H9N5S/c1-3-10(9-16-6-1)14-20-12-5-4-11(19-15(12)21-14)13-17-7-2-8-18-13/h1-9H. The minimum absolute atomic E-state index is 0.621. The lowest BCUT2D eigenvalue weighted by atomic mass is 10.3. The molecule has 0 aliphatic heterocycles. The molecule has 0 aromatic carbocycles. The van der Waals surface area contributed by atoms with Crippen molar-refractivity contribution in [2.24, 2.45) is 0 Å². The lowest BCUT2D eigenvalue weighted by Gasteiger charge is -1.96. The van der Waals surface area contributed by atoms with Gasteiger partial charge in [0, 0.05) is 30.4 Å². The Morgan fingerprint density at radius 2 is 1.76 bits per heavy atom. The highest BCUT2D eigenvalue weighted by atomic mass is 32.1. The SMILES string of the molecule is c1cnc(-c2ccc3nc(-c4cccnc4)sc3n2)nc1. The van der Waals surface area contributed by atoms with Crippen molar-refractivity contribution in [2.75, 3.05) is 0 Å². The molecule has 6 heteroatoms. The predicted octanol–water partition coefficient (Wildman–Crippen LogP) is 3.21. The molecule has 4 aromatic rings. The Kier molecular flexibility index (Phi) is 2.86. The zero-order chi connectivity index (χ0) is 14.1. The number of hydrogen-bond acceptors (Lipinski definition) is 6. The Balaban J connectivity index is 1.82. The van der Waals surface area contributed by atoms with E-state index in [0.29, 0.717) is 5.82 Å². The molecule has 0 radical (unpaired) electrons. The number of aromatic nitrogens is 5. The van der Waals surface area contributed by atoms with Crippen molar-refractivity contribution in [3.63, 3.8) is 0 Å². The second-order valence-electron chi connectivity index (χ2n) is 4.35. The first kappa shape index (κ1) is 12.0. The molecule has 100 valence electrons. The third-order valence-electron chi connectivity index (χ3n) is 2.96. The second-order valence-corrected chi connectivity index (χ2v) is 5.33. The van der Waals surface area contributed by atoms with Gasteiger partial charge in [-0.3, -0.25) is 4.98 Å². The summed E-state index contributed by atoms with van der Waals surface area (Å²) in [5, 5.41) is 0.914. The van der Waals surface area contributed by atoms with Crippen LogP contribution in [0.15, 0.2) is 55.1 Å². The maximum absolute atomic E-state index is 4.60. The average Bonchev–Trinajstić information content (AvgIpc) is 2.99. The number of thiazole rings is 1. The molecule has 0 spiro atoms. The predicted molar refractivity (Wildman–Crippen MR) is 81.7 cm³/mol. The smallest absolute Gasteiger partial charge is 0.178 e. The van der Waals surface area contributed by atoms with Crippen LogP contribution in [0.4, 0.5) is 0 Å². The molecule has 0 fully saturated rings. The summed E-state index contributed by atoms with van der Waals surface area (Å²) in [7, 11) is 0. The summed E-state index contributed by atoms with van der Waals surface area (Å²) >= 11 is 1.54. The van der Waals surface area contributed by atoms with Gasteiger partial charge >= 0.3 is 0 Å². The Labute approximate surface area is 124 Å². The monoisotopic (exact) mass is 291 g/mol. The van der Waals surface area contributed by atoms with Gasteiger partial charge < -0.3 is 0 Å². The van der Waals surface area contributed by atoms with E-state index >= 15 is 0 Å². The van der Waals surface area contributed by atoms with Gasteiger partial charge in [-0.2, -0.15) is 0 Å². The van der Waals surface area contributed by atoms with E-state index < -0.39 is 0 Å². The molecule has 0 saturated carbocycles. The number of hydrogen-bond donors (Lipinski definition) is 0. The molecule has 0 atom stereocenters. The van der Waals surface area contributed by atoms with Gasteiger partial charge in [0.25, 0.3) is 0 Å². The molecule has 0 aliphatic rings. The van der Waals surface area contributed by atoms with Crippen LogP contribution in [-0.4, -0.2) is 24.9 Å². The Bertz CT molecular complexity index is 852. The molecular weight excluding hydrogens is 282 g/mol. The van der Waals surface area contributed by atoms with E-state index in [1.807, 2.05) is 24.3 Å². The van der Waals surface area contributed by atoms with Crippen LogP contribution < -0.4 is 0 Å². The average molecular weight is 291 g/mol. The van der Waals surface area contributed by atoms with Crippen LogP contribution in [0, 0.1) is 0 Å². The van der Waals surface area contributed by atoms with Gasteiger partial charge in [-0.05, 0) is 30.3 Å². The molecule has 21 heavy (non-hydrogen) atoms. The number of rotatable bonds is 2. The molecule has 0 unspecified atom stereocenters.